The molecule has 0 unspecified atom stereocenters. The van der Waals surface area contributed by atoms with Gasteiger partial charge in [-0.1, -0.05) is 42.0 Å². The first-order chi connectivity index (χ1) is 18.2. The summed E-state index contributed by atoms with van der Waals surface area (Å²) in [6.07, 6.45) is 1.60. The Kier molecular flexibility index (Phi) is 8.07. The van der Waals surface area contributed by atoms with E-state index in [0.29, 0.717) is 11.3 Å². The van der Waals surface area contributed by atoms with Crippen molar-refractivity contribution >= 4 is 46.3 Å². The third-order valence-electron chi connectivity index (χ3n) is 5.48. The molecule has 0 spiro atoms. The molecule has 0 radical (unpaired) electrons. The number of methoxy groups -OCH3 is 1. The Balaban J connectivity index is 1.41. The maximum absolute atomic E-state index is 12.9. The Morgan fingerprint density at radius 1 is 1.08 bits per heavy atom. The second-order valence-corrected chi connectivity index (χ2v) is 9.30. The Labute approximate surface area is 222 Å². The molecule has 0 saturated carbocycles. The van der Waals surface area contributed by atoms with Gasteiger partial charge in [-0.2, -0.15) is 0 Å². The number of nitrogens with one attached hydrogen (secondary N) is 1. The largest absolute Gasteiger partial charge is 0.493 e. The van der Waals surface area contributed by atoms with E-state index in [0.717, 1.165) is 22.9 Å². The van der Waals surface area contributed by atoms with Crippen molar-refractivity contribution in [1.82, 2.24) is 4.90 Å². The lowest BCUT2D eigenvalue weighted by Gasteiger charge is -2.13. The van der Waals surface area contributed by atoms with E-state index >= 15 is 0 Å². The summed E-state index contributed by atoms with van der Waals surface area (Å²) in [5, 5.41) is 13.1. The van der Waals surface area contributed by atoms with Crippen LogP contribution in [0.25, 0.3) is 6.08 Å². The highest BCUT2D eigenvalue weighted by molar-refractivity contribution is 8.18. The molecule has 4 rings (SSSR count). The van der Waals surface area contributed by atoms with E-state index in [1.165, 1.54) is 36.3 Å². The van der Waals surface area contributed by atoms with Gasteiger partial charge in [-0.25, -0.2) is 0 Å². The topological polar surface area (TPSA) is 128 Å². The molecule has 1 aliphatic rings. The standard InChI is InChI=1S/C27H23N3O7S/c1-17-5-3-6-19(11-17)15-29-26(32)24(38-27(29)33)13-18-9-10-22(23(12-18)36-2)37-16-25(31)28-20-7-4-8-21(14-20)30(34)35/h3-14H,15-16H2,1-2H3,(H,28,31)/b24-13-. The summed E-state index contributed by atoms with van der Waals surface area (Å²) in [6, 6.07) is 18.1. The average Bonchev–Trinajstić information content (AvgIpc) is 3.15. The highest BCUT2D eigenvalue weighted by Gasteiger charge is 2.35. The van der Waals surface area contributed by atoms with Crippen LogP contribution in [0.2, 0.25) is 0 Å². The molecule has 194 valence electrons. The van der Waals surface area contributed by atoms with Crippen LogP contribution >= 0.6 is 11.8 Å². The molecule has 38 heavy (non-hydrogen) atoms. The van der Waals surface area contributed by atoms with E-state index in [4.69, 9.17) is 9.47 Å². The number of ether oxygens (including phenoxy) is 2. The second-order valence-electron chi connectivity index (χ2n) is 8.31. The van der Waals surface area contributed by atoms with E-state index in [1.807, 2.05) is 31.2 Å². The van der Waals surface area contributed by atoms with Crippen LogP contribution in [-0.4, -0.2) is 40.6 Å². The smallest absolute Gasteiger partial charge is 0.293 e. The molecule has 1 saturated heterocycles. The van der Waals surface area contributed by atoms with E-state index in [-0.39, 0.29) is 46.3 Å². The molecule has 11 heteroatoms. The number of thioether (sulfide) groups is 1. The summed E-state index contributed by atoms with van der Waals surface area (Å²) in [5.74, 6) is -0.287. The number of benzene rings is 3. The van der Waals surface area contributed by atoms with Crippen molar-refractivity contribution in [2.75, 3.05) is 19.0 Å². The van der Waals surface area contributed by atoms with Gasteiger partial charge in [0, 0.05) is 17.8 Å². The number of non-ortho nitro benzene ring substituents is 1. The van der Waals surface area contributed by atoms with Gasteiger partial charge in [0.05, 0.1) is 23.5 Å². The van der Waals surface area contributed by atoms with Gasteiger partial charge in [0.1, 0.15) is 0 Å². The number of amides is 3. The van der Waals surface area contributed by atoms with Crippen LogP contribution in [0, 0.1) is 17.0 Å². The lowest BCUT2D eigenvalue weighted by molar-refractivity contribution is -0.384. The molecular weight excluding hydrogens is 510 g/mol. The molecule has 1 aliphatic heterocycles. The number of hydrogen-bond acceptors (Lipinski definition) is 8. The highest BCUT2D eigenvalue weighted by Crippen LogP contribution is 2.35. The van der Waals surface area contributed by atoms with E-state index in [1.54, 1.807) is 24.3 Å². The maximum atomic E-state index is 12.9. The minimum atomic E-state index is -0.552. The summed E-state index contributed by atoms with van der Waals surface area (Å²) >= 11 is 0.867. The molecular formula is C27H23N3O7S. The van der Waals surface area contributed by atoms with Crippen molar-refractivity contribution in [3.8, 4) is 11.5 Å². The van der Waals surface area contributed by atoms with Crippen LogP contribution in [0.1, 0.15) is 16.7 Å². The summed E-state index contributed by atoms with van der Waals surface area (Å²) in [5.41, 5.74) is 2.64. The van der Waals surface area contributed by atoms with Crippen molar-refractivity contribution in [2.24, 2.45) is 0 Å². The number of carbonyl (C=O) groups excluding carboxylic acids is 3. The van der Waals surface area contributed by atoms with Gasteiger partial charge in [-0.15, -0.1) is 0 Å². The van der Waals surface area contributed by atoms with Gasteiger partial charge in [0.15, 0.2) is 18.1 Å². The first-order valence-electron chi connectivity index (χ1n) is 11.4. The number of nitrogens with zero attached hydrogens (tertiary/aromatic N) is 2. The minimum absolute atomic E-state index is 0.144. The average molecular weight is 534 g/mol. The van der Waals surface area contributed by atoms with Crippen LogP contribution in [0.15, 0.2) is 71.6 Å². The van der Waals surface area contributed by atoms with Gasteiger partial charge in [0.2, 0.25) is 0 Å². The lowest BCUT2D eigenvalue weighted by atomic mass is 10.1. The first kappa shape index (κ1) is 26.4. The number of nitro benzene ring substituents is 1. The number of aryl methyl sites for hydroxylation is 1. The van der Waals surface area contributed by atoms with Crippen molar-refractivity contribution in [3.63, 3.8) is 0 Å². The van der Waals surface area contributed by atoms with Gasteiger partial charge >= 0.3 is 0 Å². The molecule has 0 aliphatic carbocycles. The van der Waals surface area contributed by atoms with Crippen LogP contribution in [-0.2, 0) is 16.1 Å². The van der Waals surface area contributed by atoms with Gasteiger partial charge < -0.3 is 14.8 Å². The van der Waals surface area contributed by atoms with Crippen molar-refractivity contribution < 1.29 is 28.8 Å². The van der Waals surface area contributed by atoms with Gasteiger partial charge in [0.25, 0.3) is 22.7 Å². The lowest BCUT2D eigenvalue weighted by Crippen LogP contribution is -2.27. The van der Waals surface area contributed by atoms with Crippen LogP contribution in [0.3, 0.4) is 0 Å². The Hall–Kier alpha value is -4.64. The van der Waals surface area contributed by atoms with Crippen LogP contribution in [0.4, 0.5) is 16.2 Å². The number of imide groups is 1. The summed E-state index contributed by atoms with van der Waals surface area (Å²) in [4.78, 5) is 49.5. The number of rotatable bonds is 9. The summed E-state index contributed by atoms with van der Waals surface area (Å²) in [6.45, 7) is 1.77. The Morgan fingerprint density at radius 2 is 1.87 bits per heavy atom. The van der Waals surface area contributed by atoms with Crippen molar-refractivity contribution in [2.45, 2.75) is 13.5 Å². The number of hydrogen-bond donors (Lipinski definition) is 1. The fourth-order valence-corrected chi connectivity index (χ4v) is 4.55. The molecule has 3 aromatic rings. The molecule has 0 bridgehead atoms. The predicted molar refractivity (Wildman–Crippen MR) is 143 cm³/mol. The molecule has 1 N–H and O–H groups in total. The van der Waals surface area contributed by atoms with E-state index in [2.05, 4.69) is 5.32 Å². The predicted octanol–water partition coefficient (Wildman–Crippen LogP) is 5.17. The summed E-state index contributed by atoms with van der Waals surface area (Å²) < 4.78 is 10.9. The van der Waals surface area contributed by atoms with E-state index < -0.39 is 10.8 Å². The zero-order valence-electron chi connectivity index (χ0n) is 20.5. The zero-order valence-corrected chi connectivity index (χ0v) is 21.3. The van der Waals surface area contributed by atoms with Gasteiger partial charge in [-0.3, -0.25) is 29.4 Å². The molecule has 0 aromatic heterocycles. The fraction of sp³-hybridized carbons (Fsp3) is 0.148. The molecule has 3 aromatic carbocycles. The number of anilines is 1. The van der Waals surface area contributed by atoms with Crippen LogP contribution in [0.5, 0.6) is 11.5 Å². The summed E-state index contributed by atoms with van der Waals surface area (Å²) in [7, 11) is 1.44. The number of carbonyl (C=O) groups is 3. The molecule has 0 atom stereocenters. The van der Waals surface area contributed by atoms with Crippen LogP contribution < -0.4 is 14.8 Å². The van der Waals surface area contributed by atoms with E-state index in [9.17, 15) is 24.5 Å². The maximum Gasteiger partial charge on any atom is 0.293 e. The highest BCUT2D eigenvalue weighted by atomic mass is 32.2. The molecule has 3 amide bonds. The molecule has 10 nitrogen and oxygen atoms in total. The monoisotopic (exact) mass is 533 g/mol. The fourth-order valence-electron chi connectivity index (χ4n) is 3.71. The SMILES string of the molecule is COc1cc(/C=C2\SC(=O)N(Cc3cccc(C)c3)C2=O)ccc1OCC(=O)Nc1cccc([N+](=O)[O-])c1. The third kappa shape index (κ3) is 6.37. The Bertz CT molecular complexity index is 1450. The molecule has 1 fully saturated rings. The minimum Gasteiger partial charge on any atom is -0.493 e. The van der Waals surface area contributed by atoms with Crippen molar-refractivity contribution in [1.29, 1.82) is 0 Å². The molecule has 1 heterocycles. The van der Waals surface area contributed by atoms with Gasteiger partial charge in [-0.05, 0) is 54.1 Å². The number of nitro groups is 1. The van der Waals surface area contributed by atoms with Crippen molar-refractivity contribution in [3.05, 3.63) is 98.4 Å². The second kappa shape index (κ2) is 11.6. The first-order valence-corrected chi connectivity index (χ1v) is 12.2. The Morgan fingerprint density at radius 3 is 2.61 bits per heavy atom. The normalized spacial score (nSPS) is 14.1. The zero-order chi connectivity index (χ0) is 27.2. The quantitative estimate of drug-likeness (QED) is 0.227. The third-order valence-corrected chi connectivity index (χ3v) is 6.39.